The van der Waals surface area contributed by atoms with Crippen molar-refractivity contribution in [2.24, 2.45) is 0 Å². The molecule has 0 spiro atoms. The van der Waals surface area contributed by atoms with Gasteiger partial charge >= 0.3 is 0 Å². The van der Waals surface area contributed by atoms with E-state index in [0.717, 1.165) is 40.8 Å². The number of aryl methyl sites for hydroxylation is 2. The van der Waals surface area contributed by atoms with Crippen LogP contribution in [0, 0.1) is 13.8 Å². The Morgan fingerprint density at radius 1 is 1.00 bits per heavy atom. The lowest BCUT2D eigenvalue weighted by Crippen LogP contribution is -2.52. The molecule has 3 heterocycles. The predicted molar refractivity (Wildman–Crippen MR) is 119 cm³/mol. The first-order chi connectivity index (χ1) is 15.0. The molecule has 0 N–H and O–H groups in total. The summed E-state index contributed by atoms with van der Waals surface area (Å²) < 4.78 is 2.14. The Morgan fingerprint density at radius 3 is 2.45 bits per heavy atom. The molecule has 5 rings (SSSR count). The number of imidazole rings is 1. The van der Waals surface area contributed by atoms with Gasteiger partial charge in [-0.15, -0.1) is 0 Å². The minimum atomic E-state index is -0.168. The number of pyridine rings is 1. The van der Waals surface area contributed by atoms with Gasteiger partial charge in [-0.3, -0.25) is 9.59 Å². The Hall–Kier alpha value is -3.22. The molecule has 0 unspecified atom stereocenters. The van der Waals surface area contributed by atoms with Gasteiger partial charge in [-0.1, -0.05) is 18.9 Å². The summed E-state index contributed by atoms with van der Waals surface area (Å²) in [7, 11) is 0. The molecule has 2 amide bonds. The number of rotatable bonds is 3. The van der Waals surface area contributed by atoms with Crippen LogP contribution in [0.25, 0.3) is 11.2 Å². The van der Waals surface area contributed by atoms with Gasteiger partial charge in [0.05, 0.1) is 11.9 Å². The number of anilines is 1. The van der Waals surface area contributed by atoms with Crippen molar-refractivity contribution in [1.82, 2.24) is 19.4 Å². The number of nitrogens with zero attached hydrogens (tertiary/aromatic N) is 5. The lowest BCUT2D eigenvalue weighted by Gasteiger charge is -2.34. The van der Waals surface area contributed by atoms with Crippen molar-refractivity contribution in [2.45, 2.75) is 45.6 Å². The first kappa shape index (κ1) is 19.7. The Balaban J connectivity index is 1.32. The van der Waals surface area contributed by atoms with Crippen molar-refractivity contribution in [3.63, 3.8) is 0 Å². The van der Waals surface area contributed by atoms with Gasteiger partial charge < -0.3 is 14.4 Å². The average molecular weight is 418 g/mol. The van der Waals surface area contributed by atoms with Crippen molar-refractivity contribution < 1.29 is 9.59 Å². The fourth-order valence-corrected chi connectivity index (χ4v) is 4.89. The van der Waals surface area contributed by atoms with E-state index < -0.39 is 0 Å². The SMILES string of the molecule is Cc1cc(C)cc(N2CCN(C(=O)c3cnc4c(c3)ncn4C3CCCC3)CC2=O)c1. The third-order valence-electron chi connectivity index (χ3n) is 6.40. The number of piperazine rings is 1. The topological polar surface area (TPSA) is 71.3 Å². The van der Waals surface area contributed by atoms with Crippen LogP contribution < -0.4 is 4.90 Å². The monoisotopic (exact) mass is 417 g/mol. The smallest absolute Gasteiger partial charge is 0.256 e. The Kier molecular flexibility index (Phi) is 4.96. The van der Waals surface area contributed by atoms with Crippen LogP contribution in [0.2, 0.25) is 0 Å². The second-order valence-corrected chi connectivity index (χ2v) is 8.77. The molecule has 1 aromatic carbocycles. The summed E-state index contributed by atoms with van der Waals surface area (Å²) in [6.45, 7) is 5.10. The minimum Gasteiger partial charge on any atom is -0.327 e. The molecule has 2 aromatic heterocycles. The van der Waals surface area contributed by atoms with Gasteiger partial charge in [0, 0.05) is 31.0 Å². The van der Waals surface area contributed by atoms with Gasteiger partial charge in [-0.05, 0) is 56.0 Å². The highest BCUT2D eigenvalue weighted by molar-refractivity contribution is 6.02. The molecule has 2 aliphatic rings. The molecule has 1 saturated heterocycles. The minimum absolute atomic E-state index is 0.0656. The number of benzene rings is 1. The van der Waals surface area contributed by atoms with E-state index in [1.54, 1.807) is 22.1 Å². The second-order valence-electron chi connectivity index (χ2n) is 8.77. The summed E-state index contributed by atoms with van der Waals surface area (Å²) in [5.74, 6) is -0.234. The largest absolute Gasteiger partial charge is 0.327 e. The van der Waals surface area contributed by atoms with Crippen molar-refractivity contribution in [3.05, 3.63) is 53.5 Å². The number of carbonyl (C=O) groups is 2. The molecular weight excluding hydrogens is 390 g/mol. The van der Waals surface area contributed by atoms with Crippen LogP contribution in [0.3, 0.4) is 0 Å². The maximum atomic E-state index is 13.1. The van der Waals surface area contributed by atoms with E-state index in [0.29, 0.717) is 24.7 Å². The van der Waals surface area contributed by atoms with Crippen LogP contribution in [0.1, 0.15) is 53.2 Å². The first-order valence-corrected chi connectivity index (χ1v) is 11.0. The van der Waals surface area contributed by atoms with Crippen LogP contribution in [-0.4, -0.2) is 50.9 Å². The van der Waals surface area contributed by atoms with E-state index in [4.69, 9.17) is 0 Å². The zero-order chi connectivity index (χ0) is 21.5. The van der Waals surface area contributed by atoms with Gasteiger partial charge in [0.15, 0.2) is 5.65 Å². The summed E-state index contributed by atoms with van der Waals surface area (Å²) >= 11 is 0. The van der Waals surface area contributed by atoms with E-state index in [-0.39, 0.29) is 18.4 Å². The second kappa shape index (κ2) is 7.80. The van der Waals surface area contributed by atoms with Gasteiger partial charge in [0.25, 0.3) is 5.91 Å². The van der Waals surface area contributed by atoms with Crippen LogP contribution in [0.15, 0.2) is 36.8 Å². The summed E-state index contributed by atoms with van der Waals surface area (Å²) in [5, 5.41) is 0. The zero-order valence-electron chi connectivity index (χ0n) is 18.0. The van der Waals surface area contributed by atoms with E-state index in [2.05, 4.69) is 20.6 Å². The molecular formula is C24H27N5O2. The number of hydrogen-bond acceptors (Lipinski definition) is 4. The van der Waals surface area contributed by atoms with Crippen molar-refractivity contribution in [3.8, 4) is 0 Å². The van der Waals surface area contributed by atoms with Gasteiger partial charge in [-0.25, -0.2) is 9.97 Å². The third kappa shape index (κ3) is 3.69. The first-order valence-electron chi connectivity index (χ1n) is 11.0. The molecule has 31 heavy (non-hydrogen) atoms. The van der Waals surface area contributed by atoms with Crippen molar-refractivity contribution in [2.75, 3.05) is 24.5 Å². The Morgan fingerprint density at radius 2 is 1.74 bits per heavy atom. The standard InChI is InChI=1S/C24H27N5O2/c1-16-9-17(2)11-20(10-16)28-8-7-27(14-22(28)30)24(31)18-12-21-23(25-13-18)29(15-26-21)19-5-3-4-6-19/h9-13,15,19H,3-8,14H2,1-2H3. The van der Waals surface area contributed by atoms with Crippen LogP contribution in [0.4, 0.5) is 5.69 Å². The quantitative estimate of drug-likeness (QED) is 0.652. The molecule has 0 bridgehead atoms. The van der Waals surface area contributed by atoms with E-state index in [1.807, 2.05) is 32.3 Å². The van der Waals surface area contributed by atoms with Gasteiger partial charge in [0.1, 0.15) is 12.1 Å². The molecule has 7 nitrogen and oxygen atoms in total. The fourth-order valence-electron chi connectivity index (χ4n) is 4.89. The fraction of sp³-hybridized carbons (Fsp3) is 0.417. The third-order valence-corrected chi connectivity index (χ3v) is 6.40. The molecule has 0 atom stereocenters. The summed E-state index contributed by atoms with van der Waals surface area (Å²) in [6.07, 6.45) is 8.25. The lowest BCUT2D eigenvalue weighted by atomic mass is 10.1. The van der Waals surface area contributed by atoms with Crippen LogP contribution in [0.5, 0.6) is 0 Å². The summed E-state index contributed by atoms with van der Waals surface area (Å²) in [6, 6.07) is 8.37. The predicted octanol–water partition coefficient (Wildman–Crippen LogP) is 3.65. The van der Waals surface area contributed by atoms with E-state index >= 15 is 0 Å². The molecule has 160 valence electrons. The van der Waals surface area contributed by atoms with E-state index in [1.165, 1.54) is 12.8 Å². The van der Waals surface area contributed by atoms with Crippen molar-refractivity contribution in [1.29, 1.82) is 0 Å². The molecule has 3 aromatic rings. The number of fused-ring (bicyclic) bond motifs is 1. The normalized spacial score (nSPS) is 17.7. The highest BCUT2D eigenvalue weighted by Gasteiger charge is 2.29. The maximum Gasteiger partial charge on any atom is 0.256 e. The highest BCUT2D eigenvalue weighted by Crippen LogP contribution is 2.31. The summed E-state index contributed by atoms with van der Waals surface area (Å²) in [4.78, 5) is 38.3. The maximum absolute atomic E-state index is 13.1. The van der Waals surface area contributed by atoms with Crippen molar-refractivity contribution >= 4 is 28.7 Å². The van der Waals surface area contributed by atoms with E-state index in [9.17, 15) is 9.59 Å². The van der Waals surface area contributed by atoms with Crippen LogP contribution in [-0.2, 0) is 4.79 Å². The summed E-state index contributed by atoms with van der Waals surface area (Å²) in [5.41, 5.74) is 5.19. The molecule has 0 radical (unpaired) electrons. The average Bonchev–Trinajstić information content (AvgIpc) is 3.41. The van der Waals surface area contributed by atoms with Gasteiger partial charge in [-0.2, -0.15) is 0 Å². The Bertz CT molecular complexity index is 1140. The van der Waals surface area contributed by atoms with Gasteiger partial charge in [0.2, 0.25) is 5.91 Å². The zero-order valence-corrected chi connectivity index (χ0v) is 18.0. The molecule has 1 saturated carbocycles. The number of amides is 2. The molecule has 7 heteroatoms. The highest BCUT2D eigenvalue weighted by atomic mass is 16.2. The lowest BCUT2D eigenvalue weighted by molar-refractivity contribution is -0.120. The Labute approximate surface area is 181 Å². The number of hydrogen-bond donors (Lipinski definition) is 0. The molecule has 2 fully saturated rings. The number of carbonyl (C=O) groups excluding carboxylic acids is 2. The number of aromatic nitrogens is 3. The molecule has 1 aliphatic carbocycles. The molecule has 1 aliphatic heterocycles. The van der Waals surface area contributed by atoms with Crippen LogP contribution >= 0.6 is 0 Å².